The number of fused-ring (bicyclic) bond motifs is 1. The summed E-state index contributed by atoms with van der Waals surface area (Å²) in [5.41, 5.74) is 3.93. The van der Waals surface area contributed by atoms with Gasteiger partial charge in [-0.05, 0) is 44.1 Å². The fourth-order valence-corrected chi connectivity index (χ4v) is 4.48. The van der Waals surface area contributed by atoms with Crippen LogP contribution in [0, 0.1) is 5.41 Å². The average molecular weight is 415 g/mol. The summed E-state index contributed by atoms with van der Waals surface area (Å²) in [6.45, 7) is 6.96. The number of aromatic nitrogens is 2. The van der Waals surface area contributed by atoms with Crippen molar-refractivity contribution in [3.8, 4) is 0 Å². The number of aliphatic imine (C=N–C) groups is 1. The van der Waals surface area contributed by atoms with Gasteiger partial charge >= 0.3 is 5.97 Å². The van der Waals surface area contributed by atoms with Crippen LogP contribution in [0.1, 0.15) is 61.3 Å². The summed E-state index contributed by atoms with van der Waals surface area (Å²) >= 11 is 0. The molecule has 8 heteroatoms. The average Bonchev–Trinajstić information content (AvgIpc) is 3.30. The van der Waals surface area contributed by atoms with Crippen LogP contribution in [0.2, 0.25) is 0 Å². The van der Waals surface area contributed by atoms with Crippen molar-refractivity contribution in [2.75, 3.05) is 26.4 Å². The molecule has 1 N–H and O–H groups in total. The van der Waals surface area contributed by atoms with Gasteiger partial charge in [0.15, 0.2) is 0 Å². The second-order valence-electron chi connectivity index (χ2n) is 8.45. The number of nitrogens with one attached hydrogen (secondary N) is 1. The lowest BCUT2D eigenvalue weighted by Gasteiger charge is -2.36. The Hall–Kier alpha value is -2.48. The van der Waals surface area contributed by atoms with Gasteiger partial charge in [-0.1, -0.05) is 6.92 Å². The summed E-state index contributed by atoms with van der Waals surface area (Å²) in [7, 11) is 0. The molecule has 0 bridgehead atoms. The Balaban J connectivity index is 1.45. The van der Waals surface area contributed by atoms with E-state index in [0.29, 0.717) is 44.7 Å². The zero-order valence-corrected chi connectivity index (χ0v) is 17.8. The quantitative estimate of drug-likeness (QED) is 0.569. The first kappa shape index (κ1) is 20.8. The van der Waals surface area contributed by atoms with Gasteiger partial charge < -0.3 is 14.8 Å². The Morgan fingerprint density at radius 2 is 2.17 bits per heavy atom. The molecular weight excluding hydrogens is 384 g/mol. The molecule has 1 spiro atoms. The lowest BCUT2D eigenvalue weighted by atomic mass is 9.76. The Labute approximate surface area is 176 Å². The second-order valence-corrected chi connectivity index (χ2v) is 8.45. The number of nitrogens with zero attached hydrogens (tertiary/aromatic N) is 3. The Kier molecular flexibility index (Phi) is 6.04. The highest BCUT2D eigenvalue weighted by Gasteiger charge is 2.39. The van der Waals surface area contributed by atoms with Gasteiger partial charge in [0.2, 0.25) is 0 Å². The Morgan fingerprint density at radius 1 is 1.37 bits per heavy atom. The van der Waals surface area contributed by atoms with Crippen LogP contribution in [0.3, 0.4) is 0 Å². The standard InChI is InChI=1S/C22H30N4O4/c1-3-16-19-18(13-22(14-23-20(19)27)7-11-29-12-8-22)26(25-16)9-4-10-30-21(28)17-6-5-15(2)24-17/h6H,3-5,7-14H2,1-2H3,(H,23,27). The van der Waals surface area contributed by atoms with Crippen LogP contribution in [0.4, 0.5) is 0 Å². The molecule has 1 amide bonds. The van der Waals surface area contributed by atoms with Crippen molar-refractivity contribution >= 4 is 17.6 Å². The molecule has 0 atom stereocenters. The number of rotatable bonds is 6. The summed E-state index contributed by atoms with van der Waals surface area (Å²) in [5, 5.41) is 7.87. The number of esters is 1. The molecule has 1 aromatic rings. The Bertz CT molecular complexity index is 893. The van der Waals surface area contributed by atoms with Crippen LogP contribution >= 0.6 is 0 Å². The predicted molar refractivity (Wildman–Crippen MR) is 112 cm³/mol. The van der Waals surface area contributed by atoms with Gasteiger partial charge in [0.25, 0.3) is 5.91 Å². The molecule has 30 heavy (non-hydrogen) atoms. The van der Waals surface area contributed by atoms with Gasteiger partial charge in [-0.25, -0.2) is 4.79 Å². The molecule has 3 aliphatic heterocycles. The molecule has 0 aromatic carbocycles. The number of amides is 1. The third kappa shape index (κ3) is 4.19. The number of carbonyl (C=O) groups excluding carboxylic acids is 2. The van der Waals surface area contributed by atoms with Crippen LogP contribution in [-0.2, 0) is 33.7 Å². The monoisotopic (exact) mass is 414 g/mol. The highest BCUT2D eigenvalue weighted by atomic mass is 16.5. The van der Waals surface area contributed by atoms with Crippen LogP contribution in [0.5, 0.6) is 0 Å². The van der Waals surface area contributed by atoms with E-state index in [9.17, 15) is 9.59 Å². The van der Waals surface area contributed by atoms with Crippen LogP contribution in [0.25, 0.3) is 0 Å². The topological polar surface area (TPSA) is 94.8 Å². The summed E-state index contributed by atoms with van der Waals surface area (Å²) < 4.78 is 12.9. The van der Waals surface area contributed by atoms with Gasteiger partial charge in [-0.2, -0.15) is 5.10 Å². The summed E-state index contributed by atoms with van der Waals surface area (Å²) in [6.07, 6.45) is 6.54. The first-order valence-corrected chi connectivity index (χ1v) is 10.9. The molecule has 1 saturated heterocycles. The minimum absolute atomic E-state index is 0.0238. The molecule has 1 fully saturated rings. The van der Waals surface area contributed by atoms with Crippen LogP contribution in [0.15, 0.2) is 16.8 Å². The smallest absolute Gasteiger partial charge is 0.356 e. The summed E-state index contributed by atoms with van der Waals surface area (Å²) in [5.74, 6) is -0.398. The zero-order chi connectivity index (χ0) is 21.1. The van der Waals surface area contributed by atoms with E-state index >= 15 is 0 Å². The predicted octanol–water partition coefficient (Wildman–Crippen LogP) is 2.21. The van der Waals surface area contributed by atoms with Gasteiger partial charge in [-0.15, -0.1) is 0 Å². The molecule has 0 radical (unpaired) electrons. The normalized spacial score (nSPS) is 20.3. The fourth-order valence-electron chi connectivity index (χ4n) is 4.48. The highest BCUT2D eigenvalue weighted by Crippen LogP contribution is 2.37. The van der Waals surface area contributed by atoms with Crippen molar-refractivity contribution in [3.05, 3.63) is 28.7 Å². The molecule has 4 rings (SSSR count). The van der Waals surface area contributed by atoms with E-state index in [1.165, 1.54) is 0 Å². The molecule has 1 aromatic heterocycles. The van der Waals surface area contributed by atoms with Crippen molar-refractivity contribution in [2.45, 2.75) is 58.9 Å². The zero-order valence-electron chi connectivity index (χ0n) is 17.8. The number of ether oxygens (including phenoxy) is 2. The SMILES string of the molecule is CCc1nn(CCCOC(=O)C2=CCC(C)=N2)c2c1C(=O)NCC1(CCOCC1)C2. The maximum atomic E-state index is 12.8. The second kappa shape index (κ2) is 8.71. The van der Waals surface area contributed by atoms with Gasteiger partial charge in [-0.3, -0.25) is 14.5 Å². The molecule has 4 heterocycles. The molecular formula is C22H30N4O4. The Morgan fingerprint density at radius 3 is 2.87 bits per heavy atom. The summed E-state index contributed by atoms with van der Waals surface area (Å²) in [6, 6.07) is 0. The van der Waals surface area contributed by atoms with Crippen molar-refractivity contribution < 1.29 is 19.1 Å². The molecule has 8 nitrogen and oxygen atoms in total. The first-order valence-electron chi connectivity index (χ1n) is 10.9. The third-order valence-corrected chi connectivity index (χ3v) is 6.27. The third-order valence-electron chi connectivity index (χ3n) is 6.27. The van der Waals surface area contributed by atoms with Crippen LogP contribution < -0.4 is 5.32 Å². The van der Waals surface area contributed by atoms with Crippen molar-refractivity contribution in [1.29, 1.82) is 0 Å². The molecule has 0 saturated carbocycles. The van der Waals surface area contributed by atoms with E-state index in [1.807, 2.05) is 18.5 Å². The van der Waals surface area contributed by atoms with Crippen molar-refractivity contribution in [3.63, 3.8) is 0 Å². The lowest BCUT2D eigenvalue weighted by molar-refractivity contribution is -0.139. The van der Waals surface area contributed by atoms with E-state index < -0.39 is 0 Å². The fraction of sp³-hybridized carbons (Fsp3) is 0.636. The molecule has 0 aliphatic carbocycles. The summed E-state index contributed by atoms with van der Waals surface area (Å²) in [4.78, 5) is 29.1. The number of hydrogen-bond donors (Lipinski definition) is 1. The van der Waals surface area contributed by atoms with Gasteiger partial charge in [0.1, 0.15) is 5.70 Å². The molecule has 3 aliphatic rings. The van der Waals surface area contributed by atoms with Crippen molar-refractivity contribution in [1.82, 2.24) is 15.1 Å². The van der Waals surface area contributed by atoms with Crippen molar-refractivity contribution in [2.24, 2.45) is 10.4 Å². The van der Waals surface area contributed by atoms with Gasteiger partial charge in [0.05, 0.1) is 23.6 Å². The largest absolute Gasteiger partial charge is 0.461 e. The number of allylic oxidation sites excluding steroid dienone is 1. The molecule has 162 valence electrons. The maximum absolute atomic E-state index is 12.8. The lowest BCUT2D eigenvalue weighted by Crippen LogP contribution is -2.40. The van der Waals surface area contributed by atoms with E-state index in [1.54, 1.807) is 6.08 Å². The van der Waals surface area contributed by atoms with E-state index in [0.717, 1.165) is 55.1 Å². The first-order chi connectivity index (χ1) is 14.5. The van der Waals surface area contributed by atoms with Crippen LogP contribution in [-0.4, -0.2) is 53.7 Å². The minimum atomic E-state index is -0.374. The highest BCUT2D eigenvalue weighted by molar-refractivity contribution is 5.98. The number of aryl methyl sites for hydroxylation is 2. The maximum Gasteiger partial charge on any atom is 0.356 e. The minimum Gasteiger partial charge on any atom is -0.461 e. The van der Waals surface area contributed by atoms with Gasteiger partial charge in [0, 0.05) is 44.9 Å². The number of hydrogen-bond acceptors (Lipinski definition) is 6. The van der Waals surface area contributed by atoms with E-state index in [2.05, 4.69) is 10.3 Å². The van der Waals surface area contributed by atoms with E-state index in [-0.39, 0.29) is 17.3 Å². The molecule has 0 unspecified atom stereocenters. The number of carbonyl (C=O) groups is 2. The van der Waals surface area contributed by atoms with E-state index in [4.69, 9.17) is 14.6 Å².